The molecule has 2 aromatic rings. The molecule has 1 amide bonds. The Morgan fingerprint density at radius 3 is 2.54 bits per heavy atom. The summed E-state index contributed by atoms with van der Waals surface area (Å²) >= 11 is 2.22. The van der Waals surface area contributed by atoms with Gasteiger partial charge in [-0.3, -0.25) is 4.79 Å². The minimum absolute atomic E-state index is 0.00791. The van der Waals surface area contributed by atoms with Gasteiger partial charge in [0.25, 0.3) is 5.91 Å². The fourth-order valence-corrected chi connectivity index (χ4v) is 3.32. The van der Waals surface area contributed by atoms with Gasteiger partial charge in [-0.1, -0.05) is 6.07 Å². The number of carbonyl (C=O) groups is 1. The largest absolute Gasteiger partial charge is 0.484 e. The Balaban J connectivity index is 1.50. The number of hydrogen-bond acceptors (Lipinski definition) is 3. The molecule has 4 nitrogen and oxygen atoms in total. The van der Waals surface area contributed by atoms with E-state index < -0.39 is 0 Å². The Morgan fingerprint density at radius 1 is 1.08 bits per heavy atom. The summed E-state index contributed by atoms with van der Waals surface area (Å²) in [5.41, 5.74) is 2.02. The molecule has 0 saturated carbocycles. The van der Waals surface area contributed by atoms with Gasteiger partial charge in [-0.05, 0) is 84.3 Å². The van der Waals surface area contributed by atoms with Crippen LogP contribution in [0.4, 0.5) is 11.4 Å². The van der Waals surface area contributed by atoms with Crippen LogP contribution in [0, 0.1) is 3.57 Å². The minimum Gasteiger partial charge on any atom is -0.484 e. The van der Waals surface area contributed by atoms with Gasteiger partial charge in [-0.25, -0.2) is 0 Å². The van der Waals surface area contributed by atoms with Gasteiger partial charge in [0.15, 0.2) is 6.61 Å². The number of nitrogens with zero attached hydrogens (tertiary/aromatic N) is 1. The van der Waals surface area contributed by atoms with E-state index in [1.807, 2.05) is 36.4 Å². The summed E-state index contributed by atoms with van der Waals surface area (Å²) < 4.78 is 6.60. The second-order valence-corrected chi connectivity index (χ2v) is 7.13. The van der Waals surface area contributed by atoms with E-state index in [4.69, 9.17) is 4.74 Å². The topological polar surface area (TPSA) is 41.6 Å². The first-order valence-electron chi connectivity index (χ1n) is 8.24. The van der Waals surface area contributed by atoms with Gasteiger partial charge >= 0.3 is 0 Å². The molecular weight excluding hydrogens is 415 g/mol. The molecule has 1 aliphatic rings. The third-order valence-electron chi connectivity index (χ3n) is 4.04. The molecule has 1 saturated heterocycles. The number of hydrogen-bond donors (Lipinski definition) is 1. The van der Waals surface area contributed by atoms with Crippen molar-refractivity contribution in [1.82, 2.24) is 0 Å². The van der Waals surface area contributed by atoms with E-state index in [0.717, 1.165) is 22.3 Å². The maximum atomic E-state index is 12.0. The van der Waals surface area contributed by atoms with E-state index in [2.05, 4.69) is 44.9 Å². The zero-order chi connectivity index (χ0) is 16.8. The lowest BCUT2D eigenvalue weighted by atomic mass is 10.1. The van der Waals surface area contributed by atoms with E-state index >= 15 is 0 Å². The summed E-state index contributed by atoms with van der Waals surface area (Å²) in [6, 6.07) is 15.7. The summed E-state index contributed by atoms with van der Waals surface area (Å²) in [7, 11) is 0. The molecule has 0 aromatic heterocycles. The van der Waals surface area contributed by atoms with Crippen LogP contribution in [0.25, 0.3) is 0 Å². The molecule has 0 aliphatic carbocycles. The first-order valence-corrected chi connectivity index (χ1v) is 9.32. The molecule has 1 fully saturated rings. The third kappa shape index (κ3) is 4.87. The highest BCUT2D eigenvalue weighted by molar-refractivity contribution is 14.1. The smallest absolute Gasteiger partial charge is 0.262 e. The number of benzene rings is 2. The van der Waals surface area contributed by atoms with Crippen LogP contribution in [0.3, 0.4) is 0 Å². The van der Waals surface area contributed by atoms with Crippen molar-refractivity contribution in [1.29, 1.82) is 0 Å². The second-order valence-electron chi connectivity index (χ2n) is 5.89. The first kappa shape index (κ1) is 17.1. The maximum absolute atomic E-state index is 12.0. The van der Waals surface area contributed by atoms with E-state index in [1.54, 1.807) is 0 Å². The van der Waals surface area contributed by atoms with Crippen molar-refractivity contribution < 1.29 is 9.53 Å². The fraction of sp³-hybridized carbons (Fsp3) is 0.316. The SMILES string of the molecule is O=C(COc1cccc(I)c1)Nc1ccc(N2CCCCC2)cc1. The Bertz CT molecular complexity index is 682. The average molecular weight is 436 g/mol. The number of rotatable bonds is 5. The number of carbonyl (C=O) groups excluding carboxylic acids is 1. The zero-order valence-corrected chi connectivity index (χ0v) is 15.7. The van der Waals surface area contributed by atoms with Crippen molar-refractivity contribution in [3.05, 3.63) is 52.1 Å². The summed E-state index contributed by atoms with van der Waals surface area (Å²) in [6.07, 6.45) is 3.84. The van der Waals surface area contributed by atoms with Gasteiger partial charge in [0.05, 0.1) is 0 Å². The maximum Gasteiger partial charge on any atom is 0.262 e. The van der Waals surface area contributed by atoms with Gasteiger partial charge in [-0.15, -0.1) is 0 Å². The van der Waals surface area contributed by atoms with Crippen LogP contribution in [0.5, 0.6) is 5.75 Å². The number of amides is 1. The lowest BCUT2D eigenvalue weighted by Crippen LogP contribution is -2.29. The van der Waals surface area contributed by atoms with Crippen LogP contribution in [0.2, 0.25) is 0 Å². The molecule has 126 valence electrons. The van der Waals surface area contributed by atoms with Crippen LogP contribution < -0.4 is 15.0 Å². The van der Waals surface area contributed by atoms with Crippen LogP contribution >= 0.6 is 22.6 Å². The molecule has 0 atom stereocenters. The summed E-state index contributed by atoms with van der Waals surface area (Å²) in [6.45, 7) is 2.25. The lowest BCUT2D eigenvalue weighted by Gasteiger charge is -2.28. The zero-order valence-electron chi connectivity index (χ0n) is 13.5. The molecule has 0 unspecified atom stereocenters. The highest BCUT2D eigenvalue weighted by Gasteiger charge is 2.11. The van der Waals surface area contributed by atoms with Crippen molar-refractivity contribution in [3.63, 3.8) is 0 Å². The predicted molar refractivity (Wildman–Crippen MR) is 106 cm³/mol. The summed E-state index contributed by atoms with van der Waals surface area (Å²) in [5.74, 6) is 0.553. The molecule has 1 N–H and O–H groups in total. The Morgan fingerprint density at radius 2 is 1.83 bits per heavy atom. The summed E-state index contributed by atoms with van der Waals surface area (Å²) in [5, 5.41) is 2.87. The van der Waals surface area contributed by atoms with E-state index in [9.17, 15) is 4.79 Å². The Kier molecular flexibility index (Phi) is 5.96. The molecule has 2 aromatic carbocycles. The number of piperidine rings is 1. The number of anilines is 2. The molecular formula is C19H21IN2O2. The predicted octanol–water partition coefficient (Wildman–Crippen LogP) is 4.30. The van der Waals surface area contributed by atoms with Crippen molar-refractivity contribution in [2.75, 3.05) is 29.9 Å². The van der Waals surface area contributed by atoms with E-state index in [1.165, 1.54) is 24.9 Å². The van der Waals surface area contributed by atoms with Crippen LogP contribution in [0.15, 0.2) is 48.5 Å². The van der Waals surface area contributed by atoms with Crippen molar-refractivity contribution in [3.8, 4) is 5.75 Å². The molecule has 24 heavy (non-hydrogen) atoms. The van der Waals surface area contributed by atoms with Crippen molar-refractivity contribution in [2.45, 2.75) is 19.3 Å². The molecule has 5 heteroatoms. The van der Waals surface area contributed by atoms with E-state index in [0.29, 0.717) is 5.75 Å². The molecule has 1 heterocycles. The Labute approximate surface area is 156 Å². The number of halogens is 1. The van der Waals surface area contributed by atoms with Gasteiger partial charge in [-0.2, -0.15) is 0 Å². The standard InChI is InChI=1S/C19H21IN2O2/c20-15-5-4-6-18(13-15)24-14-19(23)21-16-7-9-17(10-8-16)22-11-2-1-3-12-22/h4-10,13H,1-3,11-12,14H2,(H,21,23). The highest BCUT2D eigenvalue weighted by atomic mass is 127. The minimum atomic E-state index is -0.153. The highest BCUT2D eigenvalue weighted by Crippen LogP contribution is 2.22. The third-order valence-corrected chi connectivity index (χ3v) is 4.71. The molecule has 3 rings (SSSR count). The van der Waals surface area contributed by atoms with Gasteiger partial charge in [0.1, 0.15) is 5.75 Å². The lowest BCUT2D eigenvalue weighted by molar-refractivity contribution is -0.118. The second kappa shape index (κ2) is 8.37. The quantitative estimate of drug-likeness (QED) is 0.711. The van der Waals surface area contributed by atoms with Crippen LogP contribution in [-0.4, -0.2) is 25.6 Å². The number of ether oxygens (including phenoxy) is 1. The first-order chi connectivity index (χ1) is 11.7. The molecule has 0 radical (unpaired) electrons. The van der Waals surface area contributed by atoms with Crippen molar-refractivity contribution in [2.24, 2.45) is 0 Å². The molecule has 0 spiro atoms. The normalized spacial score (nSPS) is 14.3. The van der Waals surface area contributed by atoms with Gasteiger partial charge in [0.2, 0.25) is 0 Å². The van der Waals surface area contributed by atoms with Gasteiger partial charge in [0, 0.05) is 28.0 Å². The van der Waals surface area contributed by atoms with Gasteiger partial charge < -0.3 is 15.0 Å². The molecule has 0 bridgehead atoms. The Hall–Kier alpha value is -1.76. The van der Waals surface area contributed by atoms with Crippen LogP contribution in [0.1, 0.15) is 19.3 Å². The van der Waals surface area contributed by atoms with Crippen molar-refractivity contribution >= 4 is 39.9 Å². The fourth-order valence-electron chi connectivity index (χ4n) is 2.81. The average Bonchev–Trinajstić information content (AvgIpc) is 2.61. The number of nitrogens with one attached hydrogen (secondary N) is 1. The van der Waals surface area contributed by atoms with E-state index in [-0.39, 0.29) is 12.5 Å². The van der Waals surface area contributed by atoms with Crippen LogP contribution in [-0.2, 0) is 4.79 Å². The molecule has 1 aliphatic heterocycles. The monoisotopic (exact) mass is 436 g/mol. The summed E-state index contributed by atoms with van der Waals surface area (Å²) in [4.78, 5) is 14.4.